The number of carbonyl (C=O) groups is 2. The molecule has 2 aromatic rings. The number of aryl methyl sites for hydroxylation is 2. The van der Waals surface area contributed by atoms with Gasteiger partial charge in [-0.15, -0.1) is 0 Å². The highest BCUT2D eigenvalue weighted by Crippen LogP contribution is 2.36. The fourth-order valence-corrected chi connectivity index (χ4v) is 3.43. The minimum atomic E-state index is -0.542. The van der Waals surface area contributed by atoms with Gasteiger partial charge in [0.15, 0.2) is 0 Å². The van der Waals surface area contributed by atoms with Crippen LogP contribution < -0.4 is 4.74 Å². The van der Waals surface area contributed by atoms with E-state index in [2.05, 4.69) is 27.7 Å². The van der Waals surface area contributed by atoms with Gasteiger partial charge in [-0.25, -0.2) is 4.79 Å². The maximum Gasteiger partial charge on any atom is 0.343 e. The molecular formula is C27H36O4. The maximum absolute atomic E-state index is 12.9. The molecule has 0 aliphatic rings. The zero-order chi connectivity index (χ0) is 23.2. The van der Waals surface area contributed by atoms with E-state index in [4.69, 9.17) is 9.47 Å². The molecule has 0 N–H and O–H groups in total. The van der Waals surface area contributed by atoms with Crippen LogP contribution in [0.5, 0.6) is 5.75 Å². The Bertz CT molecular complexity index is 904. The fraction of sp³-hybridized carbons (Fsp3) is 0.481. The second-order valence-electron chi connectivity index (χ2n) is 9.13. The van der Waals surface area contributed by atoms with E-state index >= 15 is 0 Å². The van der Waals surface area contributed by atoms with Crippen molar-refractivity contribution < 1.29 is 19.1 Å². The minimum Gasteiger partial charge on any atom is -0.466 e. The van der Waals surface area contributed by atoms with Crippen LogP contribution in [0.25, 0.3) is 0 Å². The van der Waals surface area contributed by atoms with E-state index in [0.717, 1.165) is 30.4 Å². The molecule has 0 aromatic heterocycles. The Kier molecular flexibility index (Phi) is 8.43. The molecular weight excluding hydrogens is 388 g/mol. The molecule has 0 amide bonds. The summed E-state index contributed by atoms with van der Waals surface area (Å²) in [7, 11) is 0. The topological polar surface area (TPSA) is 52.6 Å². The number of benzene rings is 2. The van der Waals surface area contributed by atoms with Crippen LogP contribution in [0.3, 0.4) is 0 Å². The molecule has 0 radical (unpaired) electrons. The van der Waals surface area contributed by atoms with E-state index in [-0.39, 0.29) is 11.4 Å². The van der Waals surface area contributed by atoms with Gasteiger partial charge in [0.05, 0.1) is 18.1 Å². The van der Waals surface area contributed by atoms with Crippen molar-refractivity contribution in [1.29, 1.82) is 0 Å². The predicted molar refractivity (Wildman–Crippen MR) is 125 cm³/mol. The van der Waals surface area contributed by atoms with Gasteiger partial charge in [0, 0.05) is 5.56 Å². The molecule has 31 heavy (non-hydrogen) atoms. The van der Waals surface area contributed by atoms with Crippen molar-refractivity contribution >= 4 is 11.9 Å². The average Bonchev–Trinajstić information content (AvgIpc) is 2.72. The molecule has 0 spiro atoms. The molecule has 0 saturated heterocycles. The van der Waals surface area contributed by atoms with Gasteiger partial charge in [0.25, 0.3) is 0 Å². The van der Waals surface area contributed by atoms with Gasteiger partial charge in [0.2, 0.25) is 0 Å². The summed E-state index contributed by atoms with van der Waals surface area (Å²) in [6.45, 7) is 14.3. The lowest BCUT2D eigenvalue weighted by Crippen LogP contribution is -2.19. The van der Waals surface area contributed by atoms with Crippen molar-refractivity contribution in [1.82, 2.24) is 0 Å². The van der Waals surface area contributed by atoms with Gasteiger partial charge in [-0.3, -0.25) is 4.79 Å². The normalized spacial score (nSPS) is 12.4. The lowest BCUT2D eigenvalue weighted by atomic mass is 9.83. The Balaban J connectivity index is 2.39. The third-order valence-corrected chi connectivity index (χ3v) is 5.48. The monoisotopic (exact) mass is 424 g/mol. The summed E-state index contributed by atoms with van der Waals surface area (Å²) in [5, 5.41) is 0. The van der Waals surface area contributed by atoms with Crippen LogP contribution in [0.2, 0.25) is 0 Å². The van der Waals surface area contributed by atoms with Crippen molar-refractivity contribution in [3.63, 3.8) is 0 Å². The van der Waals surface area contributed by atoms with Crippen molar-refractivity contribution in [2.24, 2.45) is 0 Å². The number of unbranched alkanes of at least 4 members (excludes halogenated alkanes) is 1. The molecule has 0 fully saturated rings. The number of carbonyl (C=O) groups excluding carboxylic acids is 2. The Morgan fingerprint density at radius 1 is 1.03 bits per heavy atom. The third kappa shape index (κ3) is 6.43. The average molecular weight is 425 g/mol. The molecule has 2 aromatic carbocycles. The summed E-state index contributed by atoms with van der Waals surface area (Å²) in [6, 6.07) is 11.6. The first-order valence-corrected chi connectivity index (χ1v) is 11.2. The highest BCUT2D eigenvalue weighted by Gasteiger charge is 2.27. The van der Waals surface area contributed by atoms with E-state index in [0.29, 0.717) is 23.5 Å². The molecule has 0 heterocycles. The summed E-state index contributed by atoms with van der Waals surface area (Å²) in [4.78, 5) is 25.4. The SMILES string of the molecule is CCCCc1ccc(C(=O)Oc2c(C)cc(C(C)(C)C)cc2C(C)C(=O)OCC)cc1. The summed E-state index contributed by atoms with van der Waals surface area (Å²) in [5.41, 5.74) is 4.18. The summed E-state index contributed by atoms with van der Waals surface area (Å²) in [5.74, 6) is -0.856. The second kappa shape index (κ2) is 10.6. The predicted octanol–water partition coefficient (Wildman–Crippen LogP) is 6.52. The molecule has 1 unspecified atom stereocenters. The Hall–Kier alpha value is -2.62. The van der Waals surface area contributed by atoms with Crippen LogP contribution in [-0.4, -0.2) is 18.5 Å². The molecule has 4 nitrogen and oxygen atoms in total. The van der Waals surface area contributed by atoms with E-state index in [9.17, 15) is 9.59 Å². The second-order valence-corrected chi connectivity index (χ2v) is 9.13. The third-order valence-electron chi connectivity index (χ3n) is 5.48. The first-order valence-electron chi connectivity index (χ1n) is 11.2. The minimum absolute atomic E-state index is 0.106. The maximum atomic E-state index is 12.9. The number of rotatable bonds is 8. The first-order chi connectivity index (χ1) is 14.6. The number of esters is 2. The smallest absolute Gasteiger partial charge is 0.343 e. The Labute approximate surface area is 187 Å². The van der Waals surface area contributed by atoms with Crippen molar-refractivity contribution in [2.75, 3.05) is 6.61 Å². The molecule has 1 atom stereocenters. The fourth-order valence-electron chi connectivity index (χ4n) is 3.43. The highest BCUT2D eigenvalue weighted by molar-refractivity contribution is 5.92. The van der Waals surface area contributed by atoms with E-state index in [1.54, 1.807) is 26.0 Å². The van der Waals surface area contributed by atoms with E-state index in [1.165, 1.54) is 5.56 Å². The number of hydrogen-bond acceptors (Lipinski definition) is 4. The van der Waals surface area contributed by atoms with Gasteiger partial charge in [-0.2, -0.15) is 0 Å². The largest absolute Gasteiger partial charge is 0.466 e. The van der Waals surface area contributed by atoms with Gasteiger partial charge in [-0.1, -0.05) is 58.4 Å². The van der Waals surface area contributed by atoms with Crippen LogP contribution in [-0.2, 0) is 21.4 Å². The quantitative estimate of drug-likeness (QED) is 0.357. The molecule has 0 bridgehead atoms. The van der Waals surface area contributed by atoms with Crippen molar-refractivity contribution in [3.05, 3.63) is 64.2 Å². The lowest BCUT2D eigenvalue weighted by molar-refractivity contribution is -0.144. The molecule has 4 heteroatoms. The summed E-state index contributed by atoms with van der Waals surface area (Å²) in [6.07, 6.45) is 3.26. The van der Waals surface area contributed by atoms with Crippen LogP contribution in [0.4, 0.5) is 0 Å². The summed E-state index contributed by atoms with van der Waals surface area (Å²) < 4.78 is 11.1. The standard InChI is InChI=1S/C27H36O4/c1-8-10-11-20-12-14-21(15-13-20)26(29)31-24-18(3)16-22(27(5,6)7)17-23(24)19(4)25(28)30-9-2/h12-17,19H,8-11H2,1-7H3. The van der Waals surface area contributed by atoms with E-state index in [1.807, 2.05) is 31.2 Å². The number of ether oxygens (including phenoxy) is 2. The molecule has 0 aliphatic carbocycles. The van der Waals surface area contributed by atoms with Crippen LogP contribution >= 0.6 is 0 Å². The van der Waals surface area contributed by atoms with Crippen molar-refractivity contribution in [3.8, 4) is 5.75 Å². The van der Waals surface area contributed by atoms with Crippen LogP contribution in [0.15, 0.2) is 36.4 Å². The molecule has 2 rings (SSSR count). The van der Waals surface area contributed by atoms with Gasteiger partial charge < -0.3 is 9.47 Å². The Morgan fingerprint density at radius 3 is 2.23 bits per heavy atom. The molecule has 0 aliphatic heterocycles. The highest BCUT2D eigenvalue weighted by atomic mass is 16.5. The molecule has 0 saturated carbocycles. The number of hydrogen-bond donors (Lipinski definition) is 0. The van der Waals surface area contributed by atoms with Crippen LogP contribution in [0.1, 0.15) is 92.9 Å². The van der Waals surface area contributed by atoms with Gasteiger partial charge in [0.1, 0.15) is 5.75 Å². The van der Waals surface area contributed by atoms with Gasteiger partial charge >= 0.3 is 11.9 Å². The van der Waals surface area contributed by atoms with Crippen molar-refractivity contribution in [2.45, 2.75) is 79.1 Å². The zero-order valence-corrected chi connectivity index (χ0v) is 20.0. The molecule has 168 valence electrons. The zero-order valence-electron chi connectivity index (χ0n) is 20.0. The van der Waals surface area contributed by atoms with Crippen LogP contribution in [0, 0.1) is 6.92 Å². The first kappa shape index (κ1) is 24.6. The Morgan fingerprint density at radius 2 is 1.68 bits per heavy atom. The lowest BCUT2D eigenvalue weighted by Gasteiger charge is -2.24. The summed E-state index contributed by atoms with van der Waals surface area (Å²) >= 11 is 0. The van der Waals surface area contributed by atoms with Gasteiger partial charge in [-0.05, 0) is 67.9 Å². The van der Waals surface area contributed by atoms with E-state index < -0.39 is 11.9 Å².